The minimum Gasteiger partial charge on any atom is -0.465 e. The molecule has 1 unspecified atom stereocenters. The normalized spacial score (nSPS) is 15.1. The van der Waals surface area contributed by atoms with Crippen molar-refractivity contribution in [3.8, 4) is 23.6 Å². The van der Waals surface area contributed by atoms with Crippen LogP contribution in [0.25, 0.3) is 11.3 Å². The van der Waals surface area contributed by atoms with Crippen molar-refractivity contribution in [3.63, 3.8) is 0 Å². The maximum Gasteiger partial charge on any atom is 0.435 e. The minimum absolute atomic E-state index is 0.000430. The number of carbonyl (C=O) groups excluding carboxylic acids is 2. The standard InChI is InChI=1S/C25H23ClF3N7O4/c1-3-7-36-13-17(20(33-36)25(27,28)29)19-11-30-21(34(19)2)23(38)32-15-4-5-16(18(26)9-15)22(37)31-10-14-6-8-35(12-14)24(39)40/h1,4-5,9,11,13-14H,6-8,10,12H2,2H3,(H,31,37)(H,32,38)(H,39,40). The predicted octanol–water partition coefficient (Wildman–Crippen LogP) is 3.57. The number of nitrogens with one attached hydrogen (secondary N) is 2. The van der Waals surface area contributed by atoms with Crippen LogP contribution in [-0.2, 0) is 19.8 Å². The number of carboxylic acid groups (broad SMARTS) is 1. The van der Waals surface area contributed by atoms with E-state index in [9.17, 15) is 27.6 Å². The average molecular weight is 578 g/mol. The van der Waals surface area contributed by atoms with Crippen LogP contribution in [0.15, 0.2) is 30.6 Å². The van der Waals surface area contributed by atoms with Crippen LogP contribution in [0.2, 0.25) is 5.02 Å². The van der Waals surface area contributed by atoms with Crippen LogP contribution >= 0.6 is 11.6 Å². The number of terminal acetylenes is 1. The van der Waals surface area contributed by atoms with Crippen molar-refractivity contribution in [2.24, 2.45) is 13.0 Å². The average Bonchev–Trinajstić information content (AvgIpc) is 3.61. The molecule has 1 fully saturated rings. The number of amides is 3. The van der Waals surface area contributed by atoms with Gasteiger partial charge in [-0.3, -0.25) is 14.3 Å². The highest BCUT2D eigenvalue weighted by Crippen LogP contribution is 2.36. The van der Waals surface area contributed by atoms with Gasteiger partial charge in [0.1, 0.15) is 6.54 Å². The Morgan fingerprint density at radius 3 is 2.65 bits per heavy atom. The highest BCUT2D eigenvalue weighted by Gasteiger charge is 2.38. The van der Waals surface area contributed by atoms with Crippen molar-refractivity contribution in [1.82, 2.24) is 29.5 Å². The Balaban J connectivity index is 1.45. The number of hydrogen-bond donors (Lipinski definition) is 3. The van der Waals surface area contributed by atoms with Gasteiger partial charge in [0.25, 0.3) is 11.8 Å². The first kappa shape index (κ1) is 28.5. The van der Waals surface area contributed by atoms with E-state index < -0.39 is 29.8 Å². The molecule has 1 aromatic carbocycles. The summed E-state index contributed by atoms with van der Waals surface area (Å²) in [5.74, 6) is 0.837. The van der Waals surface area contributed by atoms with Crippen molar-refractivity contribution in [1.29, 1.82) is 0 Å². The fraction of sp³-hybridized carbons (Fsp3) is 0.320. The Labute approximate surface area is 230 Å². The number of imidazole rings is 1. The topological polar surface area (TPSA) is 134 Å². The molecule has 1 aliphatic rings. The van der Waals surface area contributed by atoms with Gasteiger partial charge in [-0.15, -0.1) is 6.42 Å². The second-order valence-corrected chi connectivity index (χ2v) is 9.47. The Morgan fingerprint density at radius 1 is 1.27 bits per heavy atom. The van der Waals surface area contributed by atoms with Gasteiger partial charge in [0.15, 0.2) is 11.5 Å². The van der Waals surface area contributed by atoms with Gasteiger partial charge in [-0.25, -0.2) is 9.78 Å². The minimum atomic E-state index is -4.76. The molecule has 210 valence electrons. The summed E-state index contributed by atoms with van der Waals surface area (Å²) >= 11 is 6.27. The van der Waals surface area contributed by atoms with Crippen LogP contribution in [0.5, 0.6) is 0 Å². The van der Waals surface area contributed by atoms with Crippen LogP contribution in [-0.4, -0.2) is 66.9 Å². The molecule has 3 heterocycles. The predicted molar refractivity (Wildman–Crippen MR) is 138 cm³/mol. The second kappa shape index (κ2) is 11.3. The molecule has 3 aromatic rings. The SMILES string of the molecule is C#CCn1cc(-c2cnc(C(=O)Nc3ccc(C(=O)NCC4CCN(C(=O)O)C4)c(Cl)c3)n2C)c(C(F)(F)F)n1. The monoisotopic (exact) mass is 577 g/mol. The van der Waals surface area contributed by atoms with Gasteiger partial charge in [0.2, 0.25) is 0 Å². The summed E-state index contributed by atoms with van der Waals surface area (Å²) in [4.78, 5) is 41.8. The maximum atomic E-state index is 13.6. The van der Waals surface area contributed by atoms with Gasteiger partial charge < -0.3 is 25.2 Å². The molecule has 0 aliphatic carbocycles. The molecule has 3 N–H and O–H groups in total. The van der Waals surface area contributed by atoms with Gasteiger partial charge in [0.05, 0.1) is 28.0 Å². The number of halogens is 4. The lowest BCUT2D eigenvalue weighted by molar-refractivity contribution is -0.141. The fourth-order valence-corrected chi connectivity index (χ4v) is 4.60. The van der Waals surface area contributed by atoms with E-state index in [0.29, 0.717) is 19.5 Å². The van der Waals surface area contributed by atoms with E-state index in [0.717, 1.165) is 17.1 Å². The molecule has 0 saturated carbocycles. The molecular formula is C25H23ClF3N7O4. The smallest absolute Gasteiger partial charge is 0.435 e. The third-order valence-electron chi connectivity index (χ3n) is 6.33. The van der Waals surface area contributed by atoms with Crippen molar-refractivity contribution in [3.05, 3.63) is 52.7 Å². The molecule has 40 heavy (non-hydrogen) atoms. The lowest BCUT2D eigenvalue weighted by Gasteiger charge is -2.14. The quantitative estimate of drug-likeness (QED) is 0.368. The van der Waals surface area contributed by atoms with Crippen molar-refractivity contribution in [2.45, 2.75) is 19.1 Å². The third kappa shape index (κ3) is 6.04. The number of likely N-dealkylation sites (tertiary alicyclic amines) is 1. The molecule has 11 nitrogen and oxygen atoms in total. The molecule has 4 rings (SSSR count). The first-order valence-electron chi connectivity index (χ1n) is 11.9. The van der Waals surface area contributed by atoms with Gasteiger partial charge in [0, 0.05) is 38.6 Å². The van der Waals surface area contributed by atoms with Crippen LogP contribution in [0, 0.1) is 18.3 Å². The van der Waals surface area contributed by atoms with Crippen molar-refractivity contribution < 1.29 is 32.7 Å². The summed E-state index contributed by atoms with van der Waals surface area (Å²) < 4.78 is 42.9. The van der Waals surface area contributed by atoms with E-state index >= 15 is 0 Å². The molecule has 1 aliphatic heterocycles. The lowest BCUT2D eigenvalue weighted by Crippen LogP contribution is -2.32. The number of hydrogen-bond acceptors (Lipinski definition) is 5. The number of alkyl halides is 3. The van der Waals surface area contributed by atoms with Crippen LogP contribution in [0.3, 0.4) is 0 Å². The van der Waals surface area contributed by atoms with Gasteiger partial charge in [-0.2, -0.15) is 18.3 Å². The van der Waals surface area contributed by atoms with Crippen molar-refractivity contribution in [2.75, 3.05) is 25.0 Å². The molecular weight excluding hydrogens is 555 g/mol. The van der Waals surface area contributed by atoms with E-state index in [1.54, 1.807) is 0 Å². The Hall–Kier alpha value is -4.51. The van der Waals surface area contributed by atoms with Crippen LogP contribution in [0.1, 0.15) is 33.1 Å². The largest absolute Gasteiger partial charge is 0.465 e. The molecule has 3 amide bonds. The summed E-state index contributed by atoms with van der Waals surface area (Å²) in [6, 6.07) is 4.20. The highest BCUT2D eigenvalue weighted by molar-refractivity contribution is 6.34. The van der Waals surface area contributed by atoms with E-state index in [1.807, 2.05) is 0 Å². The summed E-state index contributed by atoms with van der Waals surface area (Å²) in [5.41, 5.74) is -1.08. The third-order valence-corrected chi connectivity index (χ3v) is 6.64. The molecule has 0 spiro atoms. The highest BCUT2D eigenvalue weighted by atomic mass is 35.5. The zero-order valence-corrected chi connectivity index (χ0v) is 21.8. The molecule has 15 heteroatoms. The lowest BCUT2D eigenvalue weighted by atomic mass is 10.1. The number of carbonyl (C=O) groups is 3. The summed E-state index contributed by atoms with van der Waals surface area (Å²) in [7, 11) is 1.39. The first-order chi connectivity index (χ1) is 18.9. The fourth-order valence-electron chi connectivity index (χ4n) is 4.33. The van der Waals surface area contributed by atoms with Gasteiger partial charge in [-0.05, 0) is 30.5 Å². The second-order valence-electron chi connectivity index (χ2n) is 9.06. The molecule has 1 saturated heterocycles. The first-order valence-corrected chi connectivity index (χ1v) is 12.2. The summed E-state index contributed by atoms with van der Waals surface area (Å²) in [6.45, 7) is 0.832. The number of anilines is 1. The van der Waals surface area contributed by atoms with Crippen molar-refractivity contribution >= 4 is 35.2 Å². The zero-order chi connectivity index (χ0) is 29.2. The van der Waals surface area contributed by atoms with Crippen LogP contribution < -0.4 is 10.6 Å². The number of benzene rings is 1. The van der Waals surface area contributed by atoms with E-state index in [4.69, 9.17) is 23.1 Å². The number of nitrogens with zero attached hydrogens (tertiary/aromatic N) is 5. The Morgan fingerprint density at radius 2 is 2.02 bits per heavy atom. The summed E-state index contributed by atoms with van der Waals surface area (Å²) in [5, 5.41) is 17.9. The summed E-state index contributed by atoms with van der Waals surface area (Å²) in [6.07, 6.45) is 2.32. The van der Waals surface area contributed by atoms with Crippen LogP contribution in [0.4, 0.5) is 23.7 Å². The Bertz CT molecular complexity index is 1510. The molecule has 2 aromatic heterocycles. The van der Waals surface area contributed by atoms with Gasteiger partial charge >= 0.3 is 12.3 Å². The molecule has 0 bridgehead atoms. The maximum absolute atomic E-state index is 13.6. The van der Waals surface area contributed by atoms with E-state index in [1.165, 1.54) is 34.7 Å². The number of aromatic nitrogens is 4. The van der Waals surface area contributed by atoms with E-state index in [-0.39, 0.29) is 52.4 Å². The van der Waals surface area contributed by atoms with Gasteiger partial charge in [-0.1, -0.05) is 17.5 Å². The number of rotatable bonds is 7. The Kier molecular flexibility index (Phi) is 8.06. The molecule has 0 radical (unpaired) electrons. The molecule has 1 atom stereocenters. The van der Waals surface area contributed by atoms with E-state index in [2.05, 4.69) is 26.6 Å². The zero-order valence-electron chi connectivity index (χ0n) is 21.0.